The van der Waals surface area contributed by atoms with Crippen molar-refractivity contribution in [2.24, 2.45) is 5.92 Å². The zero-order valence-electron chi connectivity index (χ0n) is 17.8. The summed E-state index contributed by atoms with van der Waals surface area (Å²) >= 11 is 0. The standard InChI is InChI=1S/C27H27O2S/c1-5-27(4,24-12-8-6-10-19(24)2)29-26(28)21-14-16-22(17-15-21)30-18-20(3)23-11-7-9-13-25(23)30/h1,7,9-11,13-18,24H,6,8,12H2,2-4H3/q+1. The van der Waals surface area contributed by atoms with E-state index >= 15 is 0 Å². The van der Waals surface area contributed by atoms with Crippen molar-refractivity contribution in [2.75, 3.05) is 0 Å². The third-order valence-corrected chi connectivity index (χ3v) is 8.36. The van der Waals surface area contributed by atoms with Crippen LogP contribution in [0.25, 0.3) is 15.0 Å². The molecule has 1 heterocycles. The molecule has 3 atom stereocenters. The second kappa shape index (κ2) is 8.13. The molecule has 3 heteroatoms. The molecule has 0 radical (unpaired) electrons. The summed E-state index contributed by atoms with van der Waals surface area (Å²) in [6, 6.07) is 16.3. The fourth-order valence-electron chi connectivity index (χ4n) is 4.40. The van der Waals surface area contributed by atoms with Gasteiger partial charge in [0.25, 0.3) is 0 Å². The molecule has 0 saturated carbocycles. The molecule has 0 amide bonds. The Morgan fingerprint density at radius 1 is 1.17 bits per heavy atom. The van der Waals surface area contributed by atoms with E-state index in [4.69, 9.17) is 11.2 Å². The molecule has 0 fully saturated rings. The van der Waals surface area contributed by atoms with Gasteiger partial charge in [-0.3, -0.25) is 0 Å². The third kappa shape index (κ3) is 3.68. The molecule has 1 aromatic heterocycles. The lowest BCUT2D eigenvalue weighted by Gasteiger charge is -2.35. The van der Waals surface area contributed by atoms with Gasteiger partial charge in [-0.25, -0.2) is 4.79 Å². The topological polar surface area (TPSA) is 26.3 Å². The van der Waals surface area contributed by atoms with Gasteiger partial charge in [0.05, 0.1) is 5.56 Å². The van der Waals surface area contributed by atoms with E-state index in [2.05, 4.69) is 55.5 Å². The van der Waals surface area contributed by atoms with Crippen molar-refractivity contribution in [3.8, 4) is 17.2 Å². The first kappa shape index (κ1) is 20.4. The normalized spacial score (nSPS) is 18.9. The van der Waals surface area contributed by atoms with E-state index in [-0.39, 0.29) is 22.4 Å². The number of hydrogen-bond acceptors (Lipinski definition) is 2. The van der Waals surface area contributed by atoms with E-state index in [1.54, 1.807) is 0 Å². The summed E-state index contributed by atoms with van der Waals surface area (Å²) in [5.41, 5.74) is 2.13. The number of terminal acetylenes is 1. The zero-order valence-corrected chi connectivity index (χ0v) is 18.6. The van der Waals surface area contributed by atoms with Gasteiger partial charge in [0.15, 0.2) is 15.2 Å². The summed E-state index contributed by atoms with van der Waals surface area (Å²) in [6.07, 6.45) is 11.1. The van der Waals surface area contributed by atoms with Gasteiger partial charge >= 0.3 is 5.97 Å². The van der Waals surface area contributed by atoms with Gasteiger partial charge in [0, 0.05) is 27.3 Å². The molecule has 0 aliphatic heterocycles. The Hall–Kier alpha value is -2.83. The van der Waals surface area contributed by atoms with E-state index in [0.29, 0.717) is 5.56 Å². The predicted octanol–water partition coefficient (Wildman–Crippen LogP) is 7.18. The fraction of sp³-hybridized carbons (Fsp3) is 0.296. The van der Waals surface area contributed by atoms with Crippen LogP contribution >= 0.6 is 10.5 Å². The number of carbonyl (C=O) groups is 1. The molecule has 3 aromatic rings. The summed E-state index contributed by atoms with van der Waals surface area (Å²) in [5.74, 6) is 2.48. The Bertz CT molecular complexity index is 1160. The van der Waals surface area contributed by atoms with Crippen LogP contribution in [0.2, 0.25) is 0 Å². The number of aryl methyl sites for hydroxylation is 1. The summed E-state index contributed by atoms with van der Waals surface area (Å²) < 4.78 is 7.23. The summed E-state index contributed by atoms with van der Waals surface area (Å²) in [7, 11) is -0.100. The molecule has 1 aliphatic rings. The minimum absolute atomic E-state index is 0.0732. The number of rotatable bonds is 4. The largest absolute Gasteiger partial charge is 0.442 e. The Morgan fingerprint density at radius 2 is 1.90 bits per heavy atom. The maximum Gasteiger partial charge on any atom is 0.339 e. The average molecular weight is 416 g/mol. The van der Waals surface area contributed by atoms with E-state index in [1.165, 1.54) is 26.1 Å². The van der Waals surface area contributed by atoms with Gasteiger partial charge in [-0.15, -0.1) is 6.42 Å². The first-order valence-electron chi connectivity index (χ1n) is 10.4. The quantitative estimate of drug-likeness (QED) is 0.195. The maximum absolute atomic E-state index is 12.9. The molecule has 0 bridgehead atoms. The van der Waals surface area contributed by atoms with Crippen LogP contribution in [0.1, 0.15) is 49.0 Å². The molecule has 1 aliphatic carbocycles. The number of allylic oxidation sites excluding steroid dienone is 1. The first-order valence-corrected chi connectivity index (χ1v) is 11.7. The highest BCUT2D eigenvalue weighted by atomic mass is 32.2. The Balaban J connectivity index is 1.58. The Morgan fingerprint density at radius 3 is 2.60 bits per heavy atom. The van der Waals surface area contributed by atoms with Gasteiger partial charge in [-0.05, 0) is 76.4 Å². The number of thiophene rings is 1. The Kier molecular flexibility index (Phi) is 5.54. The summed E-state index contributed by atoms with van der Waals surface area (Å²) in [5, 5.41) is 3.62. The maximum atomic E-state index is 12.9. The number of carbonyl (C=O) groups excluding carboxylic acids is 1. The second-order valence-corrected chi connectivity index (χ2v) is 10.1. The molecule has 0 spiro atoms. The monoisotopic (exact) mass is 415 g/mol. The smallest absolute Gasteiger partial charge is 0.339 e. The van der Waals surface area contributed by atoms with Crippen molar-refractivity contribution in [2.45, 2.75) is 45.6 Å². The lowest BCUT2D eigenvalue weighted by atomic mass is 9.77. The molecule has 2 nitrogen and oxygen atoms in total. The van der Waals surface area contributed by atoms with Gasteiger partial charge < -0.3 is 4.74 Å². The highest BCUT2D eigenvalue weighted by Crippen LogP contribution is 2.42. The molecule has 2 aromatic carbocycles. The van der Waals surface area contributed by atoms with Crippen LogP contribution < -0.4 is 0 Å². The molecule has 4 rings (SSSR count). The molecule has 0 saturated heterocycles. The van der Waals surface area contributed by atoms with Crippen LogP contribution in [0.4, 0.5) is 0 Å². The van der Waals surface area contributed by atoms with Crippen molar-refractivity contribution in [3.63, 3.8) is 0 Å². The lowest BCUT2D eigenvalue weighted by Crippen LogP contribution is -2.40. The molecule has 3 unspecified atom stereocenters. The minimum atomic E-state index is -0.928. The van der Waals surface area contributed by atoms with Crippen LogP contribution in [-0.4, -0.2) is 11.6 Å². The number of hydrogen-bond donors (Lipinski definition) is 0. The van der Waals surface area contributed by atoms with Crippen molar-refractivity contribution in [3.05, 3.63) is 76.7 Å². The van der Waals surface area contributed by atoms with Crippen molar-refractivity contribution in [1.29, 1.82) is 0 Å². The first-order chi connectivity index (χ1) is 14.4. The molecule has 30 heavy (non-hydrogen) atoms. The highest BCUT2D eigenvalue weighted by Gasteiger charge is 2.38. The van der Waals surface area contributed by atoms with Crippen molar-refractivity contribution >= 4 is 26.5 Å². The number of benzene rings is 2. The van der Waals surface area contributed by atoms with Crippen LogP contribution in [0.3, 0.4) is 0 Å². The summed E-state index contributed by atoms with van der Waals surface area (Å²) in [6.45, 7) is 6.09. The van der Waals surface area contributed by atoms with Crippen LogP contribution in [0, 0.1) is 25.2 Å². The zero-order chi connectivity index (χ0) is 21.3. The van der Waals surface area contributed by atoms with Crippen molar-refractivity contribution in [1.82, 2.24) is 0 Å². The van der Waals surface area contributed by atoms with Crippen LogP contribution in [0.5, 0.6) is 0 Å². The molecular formula is C27H27O2S+. The summed E-state index contributed by atoms with van der Waals surface area (Å²) in [4.78, 5) is 14.1. The number of fused-ring (bicyclic) bond motifs is 1. The number of ether oxygens (including phenoxy) is 1. The van der Waals surface area contributed by atoms with E-state index < -0.39 is 5.60 Å². The van der Waals surface area contributed by atoms with Gasteiger partial charge in [0.1, 0.15) is 5.38 Å². The molecular weight excluding hydrogens is 388 g/mol. The number of esters is 1. The fourth-order valence-corrected chi connectivity index (χ4v) is 6.52. The van der Waals surface area contributed by atoms with E-state index in [9.17, 15) is 4.79 Å². The average Bonchev–Trinajstić information content (AvgIpc) is 3.11. The predicted molar refractivity (Wildman–Crippen MR) is 126 cm³/mol. The molecule has 0 N–H and O–H groups in total. The second-order valence-electron chi connectivity index (χ2n) is 8.23. The lowest BCUT2D eigenvalue weighted by molar-refractivity contribution is -0.00497. The van der Waals surface area contributed by atoms with Gasteiger partial charge in [-0.1, -0.05) is 29.7 Å². The molecule has 152 valence electrons. The van der Waals surface area contributed by atoms with Crippen LogP contribution in [-0.2, 0) is 4.74 Å². The highest BCUT2D eigenvalue weighted by molar-refractivity contribution is 7.43. The minimum Gasteiger partial charge on any atom is -0.442 e. The van der Waals surface area contributed by atoms with Gasteiger partial charge in [-0.2, -0.15) is 0 Å². The Labute approximate surface area is 181 Å². The van der Waals surface area contributed by atoms with E-state index in [1.807, 2.05) is 31.2 Å². The van der Waals surface area contributed by atoms with Crippen LogP contribution in [0.15, 0.2) is 65.6 Å². The third-order valence-electron chi connectivity index (χ3n) is 6.16. The van der Waals surface area contributed by atoms with E-state index in [0.717, 1.165) is 19.3 Å². The SMILES string of the molecule is C#CC(C)(OC(=O)c1ccc(-[s+]2cc(C)c3ccccc32)cc1)C1CCCC=C1C. The van der Waals surface area contributed by atoms with Crippen molar-refractivity contribution < 1.29 is 9.53 Å². The van der Waals surface area contributed by atoms with Gasteiger partial charge in [0.2, 0.25) is 0 Å².